The van der Waals surface area contributed by atoms with E-state index in [9.17, 15) is 45.4 Å². The first kappa shape index (κ1) is 21.6. The van der Waals surface area contributed by atoms with Crippen molar-refractivity contribution >= 4 is 11.9 Å². The molecule has 0 radical (unpaired) electrons. The number of rotatable bonds is 8. The van der Waals surface area contributed by atoms with Gasteiger partial charge in [-0.2, -0.15) is 0 Å². The van der Waals surface area contributed by atoms with Crippen LogP contribution in [0.2, 0.25) is 0 Å². The van der Waals surface area contributed by atoms with E-state index in [-0.39, 0.29) is 0 Å². The summed E-state index contributed by atoms with van der Waals surface area (Å²) in [7, 11) is 0. The Balaban J connectivity index is 6.01. The van der Waals surface area contributed by atoms with Gasteiger partial charge < -0.3 is 25.2 Å². The zero-order valence-corrected chi connectivity index (χ0v) is 12.7. The standard InChI is InChI=1S/C11H21NO11/c1-4-10(17,18)12(22,11(19,20)21)5-7(23-6(2)13)9(3,16)8(14)15/h7,16-22H,4-5H2,1-3H3/p+1. The van der Waals surface area contributed by atoms with Crippen LogP contribution < -0.4 is 0 Å². The molecule has 0 aromatic heterocycles. The maximum absolute atomic E-state index is 11.1. The minimum absolute atomic E-state index is 0.656. The zero-order chi connectivity index (χ0) is 18.9. The number of esters is 1. The fourth-order valence-electron chi connectivity index (χ4n) is 1.68. The van der Waals surface area contributed by atoms with Crippen molar-refractivity contribution in [1.82, 2.24) is 0 Å². The van der Waals surface area contributed by atoms with Crippen LogP contribution in [0.3, 0.4) is 0 Å². The second-order valence-electron chi connectivity index (χ2n) is 5.23. The van der Waals surface area contributed by atoms with Gasteiger partial charge >= 0.3 is 23.9 Å². The molecule has 0 heterocycles. The van der Waals surface area contributed by atoms with E-state index in [1.54, 1.807) is 0 Å². The van der Waals surface area contributed by atoms with Gasteiger partial charge in [-0.25, -0.2) is 10.0 Å². The fraction of sp³-hybridized carbons (Fsp3) is 0.818. The molecule has 0 aromatic rings. The van der Waals surface area contributed by atoms with Crippen LogP contribution in [0.4, 0.5) is 0 Å². The van der Waals surface area contributed by atoms with Crippen LogP contribution in [-0.4, -0.2) is 87.8 Å². The molecule has 0 rings (SSSR count). The third-order valence-electron chi connectivity index (χ3n) is 3.36. The second kappa shape index (κ2) is 6.62. The maximum atomic E-state index is 11.1. The Kier molecular flexibility index (Phi) is 6.23. The number of carbonyl (C=O) groups excluding carboxylic acids is 1. The summed E-state index contributed by atoms with van der Waals surface area (Å²) in [6.45, 7) is 1.06. The van der Waals surface area contributed by atoms with E-state index in [1.807, 2.05) is 0 Å². The Bertz CT molecular complexity index is 455. The van der Waals surface area contributed by atoms with Crippen LogP contribution in [0.25, 0.3) is 0 Å². The Labute approximate surface area is 130 Å². The molecule has 8 N–H and O–H groups in total. The van der Waals surface area contributed by atoms with Gasteiger partial charge in [0.15, 0.2) is 12.6 Å². The molecule has 0 bridgehead atoms. The lowest BCUT2D eigenvalue weighted by atomic mass is 9.98. The van der Waals surface area contributed by atoms with E-state index in [2.05, 4.69) is 4.74 Å². The van der Waals surface area contributed by atoms with E-state index in [1.165, 1.54) is 0 Å². The number of quaternary nitrogens is 1. The molecule has 0 saturated carbocycles. The largest absolute Gasteiger partial charge is 0.479 e. The summed E-state index contributed by atoms with van der Waals surface area (Å²) >= 11 is 0. The third-order valence-corrected chi connectivity index (χ3v) is 3.36. The molecule has 12 heteroatoms. The highest BCUT2D eigenvalue weighted by Gasteiger charge is 2.65. The molecule has 12 nitrogen and oxygen atoms in total. The normalized spacial score (nSPS) is 19.4. The van der Waals surface area contributed by atoms with Crippen LogP contribution in [0.15, 0.2) is 0 Å². The van der Waals surface area contributed by atoms with Crippen molar-refractivity contribution < 1.29 is 59.9 Å². The summed E-state index contributed by atoms with van der Waals surface area (Å²) in [4.78, 5) is 22.1. The monoisotopic (exact) mass is 344 g/mol. The average molecular weight is 344 g/mol. The van der Waals surface area contributed by atoms with Gasteiger partial charge in [-0.05, 0) is 11.6 Å². The van der Waals surface area contributed by atoms with E-state index in [0.29, 0.717) is 6.92 Å². The van der Waals surface area contributed by atoms with Crippen LogP contribution in [0.1, 0.15) is 27.2 Å². The quantitative estimate of drug-likeness (QED) is 0.0942. The first-order chi connectivity index (χ1) is 10.0. The molecule has 0 saturated heterocycles. The Morgan fingerprint density at radius 1 is 1.13 bits per heavy atom. The Hall–Kier alpha value is -1.38. The number of hydroxylamine groups is 3. The van der Waals surface area contributed by atoms with Crippen molar-refractivity contribution in [1.29, 1.82) is 0 Å². The van der Waals surface area contributed by atoms with Crippen molar-refractivity contribution in [2.24, 2.45) is 0 Å². The van der Waals surface area contributed by atoms with Crippen molar-refractivity contribution in [2.45, 2.75) is 50.9 Å². The van der Waals surface area contributed by atoms with Crippen molar-refractivity contribution in [3.8, 4) is 0 Å². The topological polar surface area (TPSA) is 205 Å². The third kappa shape index (κ3) is 4.33. The first-order valence-corrected chi connectivity index (χ1v) is 6.38. The highest BCUT2D eigenvalue weighted by molar-refractivity contribution is 5.78. The molecular weight excluding hydrogens is 322 g/mol. The number of aliphatic hydroxyl groups is 6. The van der Waals surface area contributed by atoms with Crippen LogP contribution in [0.5, 0.6) is 0 Å². The van der Waals surface area contributed by atoms with Crippen molar-refractivity contribution in [3.63, 3.8) is 0 Å². The molecule has 136 valence electrons. The number of hydrogen-bond donors (Lipinski definition) is 8. The summed E-state index contributed by atoms with van der Waals surface area (Å²) in [5.41, 5.74) is -2.87. The highest BCUT2D eigenvalue weighted by Crippen LogP contribution is 2.31. The predicted molar refractivity (Wildman–Crippen MR) is 67.6 cm³/mol. The van der Waals surface area contributed by atoms with Gasteiger partial charge in [-0.3, -0.25) is 20.1 Å². The van der Waals surface area contributed by atoms with Crippen LogP contribution >= 0.6 is 0 Å². The number of carboxylic acids is 1. The van der Waals surface area contributed by atoms with Crippen molar-refractivity contribution in [3.05, 3.63) is 0 Å². The van der Waals surface area contributed by atoms with Crippen LogP contribution in [0, 0.1) is 0 Å². The van der Waals surface area contributed by atoms with Crippen LogP contribution in [-0.2, 0) is 14.3 Å². The molecule has 0 aromatic carbocycles. The number of nitrogens with zero attached hydrogens (tertiary/aromatic N) is 1. The number of ether oxygens (including phenoxy) is 1. The summed E-state index contributed by atoms with van der Waals surface area (Å²) < 4.78 is 1.73. The smallest absolute Gasteiger partial charge is 0.477 e. The Morgan fingerprint density at radius 2 is 1.57 bits per heavy atom. The van der Waals surface area contributed by atoms with Gasteiger partial charge in [0.2, 0.25) is 5.60 Å². The molecule has 3 unspecified atom stereocenters. The molecule has 3 atom stereocenters. The average Bonchev–Trinajstić information content (AvgIpc) is 2.35. The second-order valence-corrected chi connectivity index (χ2v) is 5.23. The summed E-state index contributed by atoms with van der Waals surface area (Å²) in [6, 6.07) is 0. The molecule has 0 fully saturated rings. The molecule has 0 aliphatic rings. The number of carbonyl (C=O) groups is 2. The molecule has 0 spiro atoms. The van der Waals surface area contributed by atoms with Gasteiger partial charge in [-0.15, -0.1) is 0 Å². The molecule has 0 aliphatic heterocycles. The van der Waals surface area contributed by atoms with E-state index < -0.39 is 53.3 Å². The lowest BCUT2D eigenvalue weighted by Gasteiger charge is -2.44. The van der Waals surface area contributed by atoms with Gasteiger partial charge in [-0.1, -0.05) is 6.92 Å². The molecule has 23 heavy (non-hydrogen) atoms. The Morgan fingerprint density at radius 3 is 1.83 bits per heavy atom. The van der Waals surface area contributed by atoms with Gasteiger partial charge in [0.1, 0.15) is 0 Å². The minimum Gasteiger partial charge on any atom is -0.479 e. The number of aliphatic carboxylic acids is 1. The lowest BCUT2D eigenvalue weighted by Crippen LogP contribution is -2.77. The molecule has 0 amide bonds. The minimum atomic E-state index is -4.19. The summed E-state index contributed by atoms with van der Waals surface area (Å²) in [6.07, 6.45) is -7.15. The predicted octanol–water partition coefficient (Wildman–Crippen LogP) is -3.40. The SMILES string of the molecule is CCC(O)(O)[N+](O)(CC(OC(C)=O)C(C)(O)C(=O)O)C(O)(O)O. The van der Waals surface area contributed by atoms with Gasteiger partial charge in [0.05, 0.1) is 6.42 Å². The lowest BCUT2D eigenvalue weighted by molar-refractivity contribution is -1.25. The van der Waals surface area contributed by atoms with Crippen molar-refractivity contribution in [2.75, 3.05) is 6.54 Å². The summed E-state index contributed by atoms with van der Waals surface area (Å²) in [5, 5.41) is 76.0. The van der Waals surface area contributed by atoms with E-state index in [0.717, 1.165) is 13.8 Å². The summed E-state index contributed by atoms with van der Waals surface area (Å²) in [5.74, 6) is -6.45. The molecular formula is C11H22NO11+. The van der Waals surface area contributed by atoms with Gasteiger partial charge in [0, 0.05) is 6.92 Å². The number of carboxylic acid groups (broad SMARTS) is 1. The zero-order valence-electron chi connectivity index (χ0n) is 12.7. The van der Waals surface area contributed by atoms with Gasteiger partial charge in [0.25, 0.3) is 0 Å². The number of hydrogen-bond acceptors (Lipinski definition) is 10. The van der Waals surface area contributed by atoms with E-state index in [4.69, 9.17) is 5.11 Å². The highest BCUT2D eigenvalue weighted by atomic mass is 16.8. The first-order valence-electron chi connectivity index (χ1n) is 6.38. The fourth-order valence-corrected chi connectivity index (χ4v) is 1.68. The maximum Gasteiger partial charge on any atom is 0.477 e. The molecule has 0 aliphatic carbocycles. The van der Waals surface area contributed by atoms with E-state index >= 15 is 0 Å².